The van der Waals surface area contributed by atoms with Crippen LogP contribution in [0.4, 0.5) is 0 Å². The molecule has 0 bridgehead atoms. The Bertz CT molecular complexity index is 794. The number of carbonyl (C=O) groups is 2. The molecular weight excluding hydrogens is 384 g/mol. The molecule has 2 aromatic carbocycles. The molecule has 0 aliphatic carbocycles. The number of rotatable bonds is 10. The molecule has 0 aliphatic heterocycles. The third kappa shape index (κ3) is 6.90. The van der Waals surface area contributed by atoms with Crippen LogP contribution in [-0.4, -0.2) is 35.3 Å². The van der Waals surface area contributed by atoms with Gasteiger partial charge in [0.2, 0.25) is 11.8 Å². The first-order valence-electron chi connectivity index (χ1n) is 10.3. The molecule has 0 aromatic heterocycles. The maximum Gasteiger partial charge on any atom is 0.243 e. The van der Waals surface area contributed by atoms with Gasteiger partial charge in [0.05, 0.1) is 6.42 Å². The van der Waals surface area contributed by atoms with Gasteiger partial charge in [-0.3, -0.25) is 9.59 Å². The van der Waals surface area contributed by atoms with Gasteiger partial charge >= 0.3 is 0 Å². The van der Waals surface area contributed by atoms with Crippen LogP contribution in [0.2, 0.25) is 5.02 Å². The Labute approximate surface area is 179 Å². The molecule has 29 heavy (non-hydrogen) atoms. The Hall–Kier alpha value is -2.33. The van der Waals surface area contributed by atoms with Crippen molar-refractivity contribution in [2.24, 2.45) is 0 Å². The first kappa shape index (κ1) is 23.0. The molecule has 0 aliphatic rings. The van der Waals surface area contributed by atoms with Crippen LogP contribution < -0.4 is 5.32 Å². The number of carbonyl (C=O) groups excluding carboxylic acids is 2. The van der Waals surface area contributed by atoms with E-state index in [4.69, 9.17) is 11.6 Å². The van der Waals surface area contributed by atoms with Crippen LogP contribution in [0.5, 0.6) is 0 Å². The summed E-state index contributed by atoms with van der Waals surface area (Å²) in [6.07, 6.45) is 2.29. The molecule has 2 unspecified atom stereocenters. The van der Waals surface area contributed by atoms with E-state index in [-0.39, 0.29) is 24.3 Å². The first-order valence-corrected chi connectivity index (χ1v) is 10.7. The van der Waals surface area contributed by atoms with Crippen LogP contribution in [0.3, 0.4) is 0 Å². The van der Waals surface area contributed by atoms with Crippen LogP contribution in [0.25, 0.3) is 0 Å². The maximum atomic E-state index is 13.2. The number of nitrogens with zero attached hydrogens (tertiary/aromatic N) is 1. The minimum Gasteiger partial charge on any atom is -0.352 e. The van der Waals surface area contributed by atoms with E-state index in [0.29, 0.717) is 24.4 Å². The summed E-state index contributed by atoms with van der Waals surface area (Å²) in [5, 5.41) is 3.60. The number of nitrogens with one attached hydrogen (secondary N) is 1. The van der Waals surface area contributed by atoms with Crippen LogP contribution >= 0.6 is 11.6 Å². The zero-order chi connectivity index (χ0) is 21.2. The number of benzene rings is 2. The van der Waals surface area contributed by atoms with E-state index < -0.39 is 6.04 Å². The zero-order valence-corrected chi connectivity index (χ0v) is 18.3. The van der Waals surface area contributed by atoms with E-state index in [1.807, 2.05) is 69.3 Å². The fourth-order valence-electron chi connectivity index (χ4n) is 3.24. The third-order valence-electron chi connectivity index (χ3n) is 5.17. The van der Waals surface area contributed by atoms with Gasteiger partial charge in [0.1, 0.15) is 6.04 Å². The van der Waals surface area contributed by atoms with E-state index in [1.54, 1.807) is 11.0 Å². The lowest BCUT2D eigenvalue weighted by molar-refractivity contribution is -0.140. The van der Waals surface area contributed by atoms with Crippen molar-refractivity contribution in [2.75, 3.05) is 6.54 Å². The van der Waals surface area contributed by atoms with Gasteiger partial charge in [0.25, 0.3) is 0 Å². The fourth-order valence-corrected chi connectivity index (χ4v) is 3.45. The summed E-state index contributed by atoms with van der Waals surface area (Å²) in [6.45, 7) is 6.44. The average molecular weight is 415 g/mol. The molecule has 2 amide bonds. The number of hydrogen-bond donors (Lipinski definition) is 1. The van der Waals surface area contributed by atoms with Crippen molar-refractivity contribution in [1.82, 2.24) is 10.2 Å². The molecule has 0 fully saturated rings. The van der Waals surface area contributed by atoms with Crippen LogP contribution in [0.15, 0.2) is 54.6 Å². The lowest BCUT2D eigenvalue weighted by atomic mass is 10.1. The third-order valence-corrected chi connectivity index (χ3v) is 5.54. The van der Waals surface area contributed by atoms with Gasteiger partial charge in [0.15, 0.2) is 0 Å². The summed E-state index contributed by atoms with van der Waals surface area (Å²) in [7, 11) is 0. The van der Waals surface area contributed by atoms with Gasteiger partial charge in [0, 0.05) is 17.6 Å². The number of hydrogen-bond acceptors (Lipinski definition) is 2. The predicted octanol–water partition coefficient (Wildman–Crippen LogP) is 4.65. The normalized spacial score (nSPS) is 12.8. The van der Waals surface area contributed by atoms with Crippen molar-refractivity contribution < 1.29 is 9.59 Å². The molecule has 2 rings (SSSR count). The second kappa shape index (κ2) is 11.6. The largest absolute Gasteiger partial charge is 0.352 e. The number of halogens is 1. The van der Waals surface area contributed by atoms with E-state index in [1.165, 1.54) is 0 Å². The van der Waals surface area contributed by atoms with E-state index in [9.17, 15) is 9.59 Å². The summed E-state index contributed by atoms with van der Waals surface area (Å²) >= 11 is 6.26. The lowest BCUT2D eigenvalue weighted by Gasteiger charge is -2.31. The van der Waals surface area contributed by atoms with Gasteiger partial charge in [-0.15, -0.1) is 0 Å². The molecule has 0 saturated heterocycles. The summed E-state index contributed by atoms with van der Waals surface area (Å²) in [4.78, 5) is 27.8. The van der Waals surface area contributed by atoms with Gasteiger partial charge in [-0.2, -0.15) is 0 Å². The topological polar surface area (TPSA) is 49.4 Å². The van der Waals surface area contributed by atoms with Crippen molar-refractivity contribution in [1.29, 1.82) is 0 Å². The monoisotopic (exact) mass is 414 g/mol. The van der Waals surface area contributed by atoms with Crippen molar-refractivity contribution in [2.45, 2.75) is 58.5 Å². The number of amides is 2. The Morgan fingerprint density at radius 3 is 2.28 bits per heavy atom. The molecule has 0 spiro atoms. The SMILES string of the molecule is CCC(C)NC(=O)C(CC)N(CCc1ccccc1)C(=O)Cc1ccccc1Cl. The highest BCUT2D eigenvalue weighted by Gasteiger charge is 2.29. The van der Waals surface area contributed by atoms with E-state index >= 15 is 0 Å². The first-order chi connectivity index (χ1) is 14.0. The summed E-state index contributed by atoms with van der Waals surface area (Å²) < 4.78 is 0. The lowest BCUT2D eigenvalue weighted by Crippen LogP contribution is -2.52. The van der Waals surface area contributed by atoms with Crippen molar-refractivity contribution in [3.05, 3.63) is 70.7 Å². The van der Waals surface area contributed by atoms with Crippen LogP contribution in [-0.2, 0) is 22.4 Å². The Kier molecular flexibility index (Phi) is 9.20. The molecule has 2 atom stereocenters. The maximum absolute atomic E-state index is 13.2. The van der Waals surface area contributed by atoms with Crippen LogP contribution in [0, 0.1) is 0 Å². The second-order valence-corrected chi connectivity index (χ2v) is 7.74. The Morgan fingerprint density at radius 1 is 1.00 bits per heavy atom. The highest BCUT2D eigenvalue weighted by atomic mass is 35.5. The predicted molar refractivity (Wildman–Crippen MR) is 119 cm³/mol. The fraction of sp³-hybridized carbons (Fsp3) is 0.417. The van der Waals surface area contributed by atoms with Crippen LogP contribution in [0.1, 0.15) is 44.7 Å². The smallest absolute Gasteiger partial charge is 0.243 e. The van der Waals surface area contributed by atoms with E-state index in [2.05, 4.69) is 5.32 Å². The minimum atomic E-state index is -0.498. The average Bonchev–Trinajstić information content (AvgIpc) is 2.73. The minimum absolute atomic E-state index is 0.0752. The molecule has 0 radical (unpaired) electrons. The van der Waals surface area contributed by atoms with E-state index in [0.717, 1.165) is 17.5 Å². The molecule has 4 nitrogen and oxygen atoms in total. The highest BCUT2D eigenvalue weighted by Crippen LogP contribution is 2.18. The quantitative estimate of drug-likeness (QED) is 0.615. The molecule has 5 heteroatoms. The van der Waals surface area contributed by atoms with Crippen molar-refractivity contribution >= 4 is 23.4 Å². The van der Waals surface area contributed by atoms with Gasteiger partial charge in [-0.1, -0.05) is 74.0 Å². The Balaban J connectivity index is 2.21. The van der Waals surface area contributed by atoms with Gasteiger partial charge in [-0.25, -0.2) is 0 Å². The van der Waals surface area contributed by atoms with Crippen molar-refractivity contribution in [3.8, 4) is 0 Å². The molecule has 156 valence electrons. The summed E-state index contributed by atoms with van der Waals surface area (Å²) in [5.41, 5.74) is 1.92. The van der Waals surface area contributed by atoms with Crippen molar-refractivity contribution in [3.63, 3.8) is 0 Å². The summed E-state index contributed by atoms with van der Waals surface area (Å²) in [6, 6.07) is 16.9. The highest BCUT2D eigenvalue weighted by molar-refractivity contribution is 6.31. The molecule has 1 N–H and O–H groups in total. The summed E-state index contributed by atoms with van der Waals surface area (Å²) in [5.74, 6) is -0.178. The second-order valence-electron chi connectivity index (χ2n) is 7.33. The molecule has 0 heterocycles. The zero-order valence-electron chi connectivity index (χ0n) is 17.5. The molecular formula is C24H31ClN2O2. The van der Waals surface area contributed by atoms with Gasteiger partial charge in [-0.05, 0) is 43.4 Å². The Morgan fingerprint density at radius 2 is 1.66 bits per heavy atom. The standard InChI is InChI=1S/C24H31ClN2O2/c1-4-18(3)26-24(29)22(5-2)27(16-15-19-11-7-6-8-12-19)23(28)17-20-13-9-10-14-21(20)25/h6-14,18,22H,4-5,15-17H2,1-3H3,(H,26,29). The van der Waals surface area contributed by atoms with Gasteiger partial charge < -0.3 is 10.2 Å². The molecule has 2 aromatic rings. The molecule has 0 saturated carbocycles.